The lowest BCUT2D eigenvalue weighted by molar-refractivity contribution is 0.581. The van der Waals surface area contributed by atoms with E-state index in [4.69, 9.17) is 15.0 Å². The predicted molar refractivity (Wildman–Crippen MR) is 169 cm³/mol. The summed E-state index contributed by atoms with van der Waals surface area (Å²) in [6.07, 6.45) is 3.92. The molecule has 200 valence electrons. The van der Waals surface area contributed by atoms with E-state index in [2.05, 4.69) is 64.9 Å². The number of aromatic nitrogens is 3. The zero-order valence-electron chi connectivity index (χ0n) is 22.8. The van der Waals surface area contributed by atoms with Gasteiger partial charge in [0.1, 0.15) is 11.2 Å². The fourth-order valence-corrected chi connectivity index (χ4v) is 5.27. The molecule has 0 saturated heterocycles. The molecule has 0 aliphatic carbocycles. The molecule has 1 aliphatic rings. The normalized spacial score (nSPS) is 16.0. The van der Waals surface area contributed by atoms with Crippen LogP contribution >= 0.6 is 0 Å². The summed E-state index contributed by atoms with van der Waals surface area (Å²) in [7, 11) is 0. The molecule has 1 aliphatic heterocycles. The Bertz CT molecular complexity index is 1830. The molecule has 6 aromatic rings. The molecule has 5 heteroatoms. The maximum absolute atomic E-state index is 5.22. The Morgan fingerprint density at radius 2 is 1.02 bits per heavy atom. The van der Waals surface area contributed by atoms with Crippen molar-refractivity contribution in [3.63, 3.8) is 0 Å². The molecule has 42 heavy (non-hydrogen) atoms. The van der Waals surface area contributed by atoms with Crippen molar-refractivity contribution in [3.05, 3.63) is 168 Å². The molecule has 1 N–H and O–H groups in total. The van der Waals surface area contributed by atoms with E-state index in [1.54, 1.807) is 6.34 Å². The van der Waals surface area contributed by atoms with Crippen LogP contribution in [0.5, 0.6) is 0 Å². The summed E-state index contributed by atoms with van der Waals surface area (Å²) in [4.78, 5) is 19.9. The van der Waals surface area contributed by atoms with E-state index in [1.807, 2.05) is 97.1 Å². The van der Waals surface area contributed by atoms with Gasteiger partial charge >= 0.3 is 0 Å². The molecule has 0 radical (unpaired) electrons. The number of nitrogens with zero attached hydrogens (tertiary/aromatic N) is 4. The SMILES string of the molecule is C1=NC(c2ccccc2)=CC(c2ccccc2)(c2cccc(-c3nc(-c4ccccc4)cc(-c4ccccc4)n3)n2)N1. The van der Waals surface area contributed by atoms with Gasteiger partial charge in [-0.2, -0.15) is 0 Å². The monoisotopic (exact) mass is 541 g/mol. The highest BCUT2D eigenvalue weighted by Gasteiger charge is 2.35. The van der Waals surface area contributed by atoms with Crippen molar-refractivity contribution in [2.24, 2.45) is 4.99 Å². The summed E-state index contributed by atoms with van der Waals surface area (Å²) in [5.41, 5.74) is 7.47. The summed E-state index contributed by atoms with van der Waals surface area (Å²) in [5, 5.41) is 3.55. The van der Waals surface area contributed by atoms with Crippen LogP contribution in [-0.2, 0) is 5.54 Å². The predicted octanol–water partition coefficient (Wildman–Crippen LogP) is 7.79. The van der Waals surface area contributed by atoms with Gasteiger partial charge in [-0.25, -0.2) is 19.9 Å². The summed E-state index contributed by atoms with van der Waals surface area (Å²) in [5.74, 6) is 0.567. The van der Waals surface area contributed by atoms with Crippen molar-refractivity contribution in [2.45, 2.75) is 5.54 Å². The third kappa shape index (κ3) is 4.88. The minimum atomic E-state index is -0.747. The maximum atomic E-state index is 5.22. The highest BCUT2D eigenvalue weighted by atomic mass is 15.1. The van der Waals surface area contributed by atoms with Gasteiger partial charge < -0.3 is 5.32 Å². The van der Waals surface area contributed by atoms with E-state index in [0.29, 0.717) is 11.5 Å². The third-order valence-electron chi connectivity index (χ3n) is 7.40. The number of hydrogen-bond acceptors (Lipinski definition) is 5. The molecule has 0 fully saturated rings. The molecular formula is C37H27N5. The summed E-state index contributed by atoms with van der Waals surface area (Å²) >= 11 is 0. The number of benzene rings is 4. The number of pyridine rings is 1. The van der Waals surface area contributed by atoms with Crippen LogP contribution in [-0.4, -0.2) is 21.3 Å². The Balaban J connectivity index is 1.40. The second-order valence-corrected chi connectivity index (χ2v) is 10.1. The largest absolute Gasteiger partial charge is 0.358 e. The van der Waals surface area contributed by atoms with E-state index >= 15 is 0 Å². The molecule has 0 saturated carbocycles. The van der Waals surface area contributed by atoms with Gasteiger partial charge in [-0.1, -0.05) is 127 Å². The lowest BCUT2D eigenvalue weighted by atomic mass is 9.83. The fourth-order valence-electron chi connectivity index (χ4n) is 5.27. The van der Waals surface area contributed by atoms with E-state index in [9.17, 15) is 0 Å². The van der Waals surface area contributed by atoms with E-state index < -0.39 is 5.54 Å². The second-order valence-electron chi connectivity index (χ2n) is 10.1. The van der Waals surface area contributed by atoms with Gasteiger partial charge in [-0.15, -0.1) is 0 Å². The van der Waals surface area contributed by atoms with E-state index in [1.165, 1.54) is 0 Å². The van der Waals surface area contributed by atoms with Gasteiger partial charge in [0.15, 0.2) is 5.82 Å². The van der Waals surface area contributed by atoms with Gasteiger partial charge in [0.25, 0.3) is 0 Å². The average molecular weight is 542 g/mol. The quantitative estimate of drug-likeness (QED) is 0.234. The zero-order chi connectivity index (χ0) is 28.2. The molecule has 1 atom stereocenters. The molecule has 0 amide bonds. The molecular weight excluding hydrogens is 514 g/mol. The first kappa shape index (κ1) is 25.3. The average Bonchev–Trinajstić information content (AvgIpc) is 3.10. The Hall–Kier alpha value is -5.68. The number of hydrogen-bond donors (Lipinski definition) is 1. The number of rotatable bonds is 6. The summed E-state index contributed by atoms with van der Waals surface area (Å²) in [6.45, 7) is 0. The Morgan fingerprint density at radius 3 is 1.62 bits per heavy atom. The van der Waals surface area contributed by atoms with Crippen molar-refractivity contribution in [3.8, 4) is 34.0 Å². The number of aliphatic imine (C=N–C) groups is 1. The van der Waals surface area contributed by atoms with Crippen molar-refractivity contribution in [1.29, 1.82) is 0 Å². The van der Waals surface area contributed by atoms with Gasteiger partial charge in [-0.3, -0.25) is 0 Å². The van der Waals surface area contributed by atoms with Crippen LogP contribution in [0.2, 0.25) is 0 Å². The molecule has 4 aromatic carbocycles. The molecule has 7 rings (SSSR count). The van der Waals surface area contributed by atoms with Crippen LogP contribution in [0.3, 0.4) is 0 Å². The molecule has 0 spiro atoms. The van der Waals surface area contributed by atoms with Crippen LogP contribution in [0.4, 0.5) is 0 Å². The Morgan fingerprint density at radius 1 is 0.476 bits per heavy atom. The Labute approximate surface area is 245 Å². The van der Waals surface area contributed by atoms with Gasteiger partial charge in [0.05, 0.1) is 29.1 Å². The molecule has 1 unspecified atom stereocenters. The first-order chi connectivity index (χ1) is 20.8. The zero-order valence-corrected chi connectivity index (χ0v) is 22.8. The van der Waals surface area contributed by atoms with Crippen LogP contribution in [0, 0.1) is 0 Å². The minimum Gasteiger partial charge on any atom is -0.358 e. The van der Waals surface area contributed by atoms with Crippen molar-refractivity contribution >= 4 is 12.0 Å². The Kier molecular flexibility index (Phi) is 6.66. The highest BCUT2D eigenvalue weighted by Crippen LogP contribution is 2.36. The topological polar surface area (TPSA) is 63.1 Å². The second kappa shape index (κ2) is 11.1. The van der Waals surface area contributed by atoms with Crippen molar-refractivity contribution < 1.29 is 0 Å². The van der Waals surface area contributed by atoms with Gasteiger partial charge in [0, 0.05) is 11.1 Å². The standard InChI is InChI=1S/C37H27N5/c1-5-14-27(15-6-1)32-24-33(28-16-7-2-8-17-28)42-36(41-32)31-22-13-23-35(40-31)37(30-20-11-4-12-21-30)25-34(38-26-39-37)29-18-9-3-10-19-29/h1-26H,(H,38,39). The maximum Gasteiger partial charge on any atom is 0.179 e. The van der Waals surface area contributed by atoms with Crippen LogP contribution < -0.4 is 5.32 Å². The van der Waals surface area contributed by atoms with E-state index in [0.717, 1.165) is 45.0 Å². The molecule has 0 bridgehead atoms. The van der Waals surface area contributed by atoms with E-state index in [-0.39, 0.29) is 0 Å². The van der Waals surface area contributed by atoms with Gasteiger partial charge in [-0.05, 0) is 35.4 Å². The smallest absolute Gasteiger partial charge is 0.179 e. The first-order valence-corrected chi connectivity index (χ1v) is 13.9. The fraction of sp³-hybridized carbons (Fsp3) is 0.0270. The van der Waals surface area contributed by atoms with Crippen molar-refractivity contribution in [2.75, 3.05) is 0 Å². The van der Waals surface area contributed by atoms with Crippen LogP contribution in [0.15, 0.2) is 157 Å². The highest BCUT2D eigenvalue weighted by molar-refractivity contribution is 5.79. The third-order valence-corrected chi connectivity index (χ3v) is 7.40. The number of nitrogens with one attached hydrogen (secondary N) is 1. The van der Waals surface area contributed by atoms with Crippen LogP contribution in [0.25, 0.3) is 39.7 Å². The molecule has 3 heterocycles. The lowest BCUT2D eigenvalue weighted by Crippen LogP contribution is -2.43. The van der Waals surface area contributed by atoms with Gasteiger partial charge in [0.2, 0.25) is 0 Å². The van der Waals surface area contributed by atoms with Crippen molar-refractivity contribution in [1.82, 2.24) is 20.3 Å². The molecule has 2 aromatic heterocycles. The van der Waals surface area contributed by atoms with Crippen LogP contribution in [0.1, 0.15) is 16.8 Å². The summed E-state index contributed by atoms with van der Waals surface area (Å²) in [6, 6.07) is 49.0. The lowest BCUT2D eigenvalue weighted by Gasteiger charge is -2.34. The molecule has 5 nitrogen and oxygen atoms in total. The first-order valence-electron chi connectivity index (χ1n) is 13.9. The summed E-state index contributed by atoms with van der Waals surface area (Å²) < 4.78 is 0. The minimum absolute atomic E-state index is 0.567.